The summed E-state index contributed by atoms with van der Waals surface area (Å²) in [6.07, 6.45) is 1.51. The number of fused-ring (bicyclic) bond motifs is 1. The van der Waals surface area contributed by atoms with Gasteiger partial charge in [0.2, 0.25) is 0 Å². The number of carbonyl (C=O) groups excluding carboxylic acids is 1. The zero-order chi connectivity index (χ0) is 11.7. The minimum Gasteiger partial charge on any atom is -0.497 e. The molecule has 1 aliphatic rings. The predicted molar refractivity (Wildman–Crippen MR) is 59.7 cm³/mol. The lowest BCUT2D eigenvalue weighted by Crippen LogP contribution is -2.19. The first kappa shape index (κ1) is 11.0. The van der Waals surface area contributed by atoms with Crippen molar-refractivity contribution in [2.45, 2.75) is 18.9 Å². The van der Waals surface area contributed by atoms with Crippen molar-refractivity contribution in [3.8, 4) is 5.75 Å². The van der Waals surface area contributed by atoms with Gasteiger partial charge in [0.05, 0.1) is 19.8 Å². The number of nitrogens with two attached hydrogens (primary N) is 1. The number of ether oxygens (including phenoxy) is 2. The molecular weight excluding hydrogens is 206 g/mol. The summed E-state index contributed by atoms with van der Waals surface area (Å²) in [4.78, 5) is 11.6. The summed E-state index contributed by atoms with van der Waals surface area (Å²) >= 11 is 0. The van der Waals surface area contributed by atoms with E-state index in [0.29, 0.717) is 11.3 Å². The van der Waals surface area contributed by atoms with Crippen LogP contribution in [0.2, 0.25) is 0 Å². The molecule has 16 heavy (non-hydrogen) atoms. The number of methoxy groups -OCH3 is 2. The van der Waals surface area contributed by atoms with Gasteiger partial charge in [0, 0.05) is 6.04 Å². The highest BCUT2D eigenvalue weighted by molar-refractivity contribution is 5.92. The van der Waals surface area contributed by atoms with Crippen molar-refractivity contribution in [3.63, 3.8) is 0 Å². The van der Waals surface area contributed by atoms with E-state index in [1.165, 1.54) is 7.11 Å². The van der Waals surface area contributed by atoms with Crippen molar-refractivity contribution in [2.75, 3.05) is 14.2 Å². The van der Waals surface area contributed by atoms with Crippen LogP contribution in [-0.2, 0) is 17.6 Å². The average Bonchev–Trinajstić information content (AvgIpc) is 2.66. The molecule has 0 spiro atoms. The highest BCUT2D eigenvalue weighted by Gasteiger charge is 2.25. The van der Waals surface area contributed by atoms with Gasteiger partial charge in [0.1, 0.15) is 5.75 Å². The Morgan fingerprint density at radius 1 is 1.38 bits per heavy atom. The van der Waals surface area contributed by atoms with Crippen LogP contribution in [0.3, 0.4) is 0 Å². The maximum atomic E-state index is 11.6. The van der Waals surface area contributed by atoms with Gasteiger partial charge in [-0.25, -0.2) is 4.79 Å². The number of benzene rings is 1. The van der Waals surface area contributed by atoms with E-state index < -0.39 is 0 Å². The summed E-state index contributed by atoms with van der Waals surface area (Å²) in [6, 6.07) is 3.74. The van der Waals surface area contributed by atoms with Gasteiger partial charge in [-0.3, -0.25) is 0 Å². The van der Waals surface area contributed by atoms with Gasteiger partial charge < -0.3 is 15.2 Å². The zero-order valence-corrected chi connectivity index (χ0v) is 9.45. The van der Waals surface area contributed by atoms with Crippen molar-refractivity contribution < 1.29 is 14.3 Å². The molecule has 1 aliphatic carbocycles. The monoisotopic (exact) mass is 221 g/mol. The second-order valence-electron chi connectivity index (χ2n) is 3.97. The Bertz CT molecular complexity index is 429. The minimum absolute atomic E-state index is 0.0884. The standard InChI is InChI=1S/C12H15NO3/c1-15-9-4-7-3-8(13)5-10(7)11(6-9)12(14)16-2/h4,6,8H,3,5,13H2,1-2H3. The summed E-state index contributed by atoms with van der Waals surface area (Å²) < 4.78 is 9.92. The number of esters is 1. The van der Waals surface area contributed by atoms with Crippen molar-refractivity contribution in [3.05, 3.63) is 28.8 Å². The van der Waals surface area contributed by atoms with Crippen molar-refractivity contribution in [1.82, 2.24) is 0 Å². The van der Waals surface area contributed by atoms with Gasteiger partial charge in [-0.15, -0.1) is 0 Å². The summed E-state index contributed by atoms with van der Waals surface area (Å²) in [6.45, 7) is 0. The quantitative estimate of drug-likeness (QED) is 0.754. The first-order chi connectivity index (χ1) is 7.65. The number of hydrogen-bond acceptors (Lipinski definition) is 4. The third kappa shape index (κ3) is 1.76. The third-order valence-corrected chi connectivity index (χ3v) is 2.91. The van der Waals surface area contributed by atoms with Gasteiger partial charge in [-0.1, -0.05) is 0 Å². The van der Waals surface area contributed by atoms with Crippen LogP contribution in [0.25, 0.3) is 0 Å². The summed E-state index contributed by atoms with van der Waals surface area (Å²) in [7, 11) is 2.96. The van der Waals surface area contributed by atoms with Crippen molar-refractivity contribution in [1.29, 1.82) is 0 Å². The van der Waals surface area contributed by atoms with Crippen LogP contribution in [0.1, 0.15) is 21.5 Å². The topological polar surface area (TPSA) is 61.5 Å². The van der Waals surface area contributed by atoms with E-state index in [0.717, 1.165) is 24.0 Å². The van der Waals surface area contributed by atoms with Crippen LogP contribution in [-0.4, -0.2) is 26.2 Å². The number of hydrogen-bond donors (Lipinski definition) is 1. The molecule has 0 heterocycles. The Kier molecular flexibility index (Phi) is 2.83. The maximum absolute atomic E-state index is 11.6. The Morgan fingerprint density at radius 2 is 2.12 bits per heavy atom. The lowest BCUT2D eigenvalue weighted by atomic mass is 10.0. The molecule has 0 fully saturated rings. The van der Waals surface area contributed by atoms with E-state index in [1.54, 1.807) is 13.2 Å². The SMILES string of the molecule is COC(=O)c1cc(OC)cc2c1CC(N)C2. The molecule has 0 aromatic heterocycles. The molecule has 4 nitrogen and oxygen atoms in total. The average molecular weight is 221 g/mol. The van der Waals surface area contributed by atoms with E-state index in [1.807, 2.05) is 6.07 Å². The molecular formula is C12H15NO3. The van der Waals surface area contributed by atoms with Crippen LogP contribution in [0.15, 0.2) is 12.1 Å². The molecule has 0 saturated heterocycles. The normalized spacial score (nSPS) is 18.1. The van der Waals surface area contributed by atoms with Gasteiger partial charge in [0.15, 0.2) is 0 Å². The Hall–Kier alpha value is -1.55. The molecule has 1 aromatic carbocycles. The van der Waals surface area contributed by atoms with E-state index in [2.05, 4.69) is 0 Å². The highest BCUT2D eigenvalue weighted by atomic mass is 16.5. The van der Waals surface area contributed by atoms with E-state index in [4.69, 9.17) is 15.2 Å². The lowest BCUT2D eigenvalue weighted by Gasteiger charge is -2.09. The first-order valence-corrected chi connectivity index (χ1v) is 5.19. The summed E-state index contributed by atoms with van der Waals surface area (Å²) in [5, 5.41) is 0. The van der Waals surface area contributed by atoms with Crippen LogP contribution < -0.4 is 10.5 Å². The van der Waals surface area contributed by atoms with Crippen LogP contribution in [0.5, 0.6) is 5.75 Å². The van der Waals surface area contributed by atoms with Gasteiger partial charge >= 0.3 is 5.97 Å². The van der Waals surface area contributed by atoms with E-state index in [9.17, 15) is 4.79 Å². The molecule has 0 radical (unpaired) electrons. The fraction of sp³-hybridized carbons (Fsp3) is 0.417. The molecule has 0 saturated carbocycles. The Labute approximate surface area is 94.3 Å². The van der Waals surface area contributed by atoms with Gasteiger partial charge in [-0.05, 0) is 36.1 Å². The third-order valence-electron chi connectivity index (χ3n) is 2.91. The molecule has 4 heteroatoms. The molecule has 1 atom stereocenters. The van der Waals surface area contributed by atoms with Crippen molar-refractivity contribution in [2.24, 2.45) is 5.73 Å². The highest BCUT2D eigenvalue weighted by Crippen LogP contribution is 2.30. The first-order valence-electron chi connectivity index (χ1n) is 5.19. The molecule has 1 unspecified atom stereocenters. The van der Waals surface area contributed by atoms with Gasteiger partial charge in [0.25, 0.3) is 0 Å². The lowest BCUT2D eigenvalue weighted by molar-refractivity contribution is 0.0599. The Morgan fingerprint density at radius 3 is 2.75 bits per heavy atom. The number of rotatable bonds is 2. The summed E-state index contributed by atoms with van der Waals surface area (Å²) in [5.74, 6) is 0.345. The smallest absolute Gasteiger partial charge is 0.338 e. The minimum atomic E-state index is -0.329. The maximum Gasteiger partial charge on any atom is 0.338 e. The molecule has 0 amide bonds. The van der Waals surface area contributed by atoms with Gasteiger partial charge in [-0.2, -0.15) is 0 Å². The Balaban J connectivity index is 2.51. The van der Waals surface area contributed by atoms with E-state index >= 15 is 0 Å². The fourth-order valence-electron chi connectivity index (χ4n) is 2.15. The van der Waals surface area contributed by atoms with Crippen molar-refractivity contribution >= 4 is 5.97 Å². The fourth-order valence-corrected chi connectivity index (χ4v) is 2.15. The van der Waals surface area contributed by atoms with Crippen LogP contribution >= 0.6 is 0 Å². The predicted octanol–water partition coefficient (Wildman–Crippen LogP) is 0.908. The zero-order valence-electron chi connectivity index (χ0n) is 9.45. The van der Waals surface area contributed by atoms with E-state index in [-0.39, 0.29) is 12.0 Å². The second-order valence-corrected chi connectivity index (χ2v) is 3.97. The molecule has 1 aromatic rings. The molecule has 2 N–H and O–H groups in total. The van der Waals surface area contributed by atoms with Crippen LogP contribution in [0, 0.1) is 0 Å². The van der Waals surface area contributed by atoms with Crippen LogP contribution in [0.4, 0.5) is 0 Å². The molecule has 0 bridgehead atoms. The molecule has 0 aliphatic heterocycles. The second kappa shape index (κ2) is 4.14. The largest absolute Gasteiger partial charge is 0.497 e. The molecule has 2 rings (SSSR count). The molecule has 86 valence electrons. The summed E-state index contributed by atoms with van der Waals surface area (Å²) in [5.41, 5.74) is 8.56. The number of carbonyl (C=O) groups is 1.